The molecular formula is C36H44NOPS. The first kappa shape index (κ1) is 30.4. The van der Waals surface area contributed by atoms with Crippen LogP contribution in [-0.2, 0) is 11.0 Å². The van der Waals surface area contributed by atoms with Crippen molar-refractivity contribution in [2.45, 2.75) is 71.1 Å². The topological polar surface area (TPSA) is 29.1 Å². The molecule has 0 spiro atoms. The number of nitrogens with one attached hydrogen (secondary N) is 1. The van der Waals surface area contributed by atoms with E-state index >= 15 is 0 Å². The summed E-state index contributed by atoms with van der Waals surface area (Å²) in [5, 5.41) is 2.67. The Bertz CT molecular complexity index is 1340. The molecule has 4 aromatic rings. The standard InChI is InChI=1S/C36H44NOPS/c1-26(2)30-23-16-24-31(27(3)4)35(30)33-22-15-14-21-32(33)34(37-40(38)36(5,6)7)25-39(28-17-10-8-11-18-28)29-19-12-9-13-20-29/h8-24,26-27,34,37H,25H2,1-7H3/t34-,40?/m1/s1. The van der Waals surface area contributed by atoms with Crippen LogP contribution in [0.4, 0.5) is 0 Å². The minimum Gasteiger partial charge on any atom is -0.242 e. The quantitative estimate of drug-likeness (QED) is 0.190. The lowest BCUT2D eigenvalue weighted by Crippen LogP contribution is -2.38. The average molecular weight is 570 g/mol. The highest BCUT2D eigenvalue weighted by Crippen LogP contribution is 2.43. The molecule has 0 fully saturated rings. The Balaban J connectivity index is 1.92. The molecule has 1 unspecified atom stereocenters. The van der Waals surface area contributed by atoms with Crippen molar-refractivity contribution in [2.75, 3.05) is 6.16 Å². The summed E-state index contributed by atoms with van der Waals surface area (Å²) in [4.78, 5) is 0. The van der Waals surface area contributed by atoms with Gasteiger partial charge in [0.2, 0.25) is 0 Å². The van der Waals surface area contributed by atoms with Gasteiger partial charge in [0, 0.05) is 6.04 Å². The zero-order valence-corrected chi connectivity index (χ0v) is 26.7. The maximum atomic E-state index is 13.7. The Hall–Kier alpha value is -2.58. The second-order valence-corrected chi connectivity index (χ2v) is 16.3. The Morgan fingerprint density at radius 1 is 0.650 bits per heavy atom. The van der Waals surface area contributed by atoms with Gasteiger partial charge in [-0.25, -0.2) is 8.93 Å². The van der Waals surface area contributed by atoms with E-state index in [-0.39, 0.29) is 10.8 Å². The van der Waals surface area contributed by atoms with Crippen molar-refractivity contribution in [3.63, 3.8) is 0 Å². The van der Waals surface area contributed by atoms with E-state index in [1.807, 2.05) is 20.8 Å². The molecule has 0 aliphatic rings. The van der Waals surface area contributed by atoms with Crippen molar-refractivity contribution < 1.29 is 4.21 Å². The van der Waals surface area contributed by atoms with Crippen LogP contribution < -0.4 is 15.3 Å². The molecule has 2 nitrogen and oxygen atoms in total. The number of hydrogen-bond donors (Lipinski definition) is 1. The monoisotopic (exact) mass is 569 g/mol. The molecule has 0 aliphatic heterocycles. The van der Waals surface area contributed by atoms with E-state index in [2.05, 4.69) is 136 Å². The Kier molecular flexibility index (Phi) is 10.2. The summed E-state index contributed by atoms with van der Waals surface area (Å²) in [6.07, 6.45) is 0.850. The molecule has 210 valence electrons. The zero-order chi connectivity index (χ0) is 28.9. The van der Waals surface area contributed by atoms with Gasteiger partial charge < -0.3 is 0 Å². The molecule has 0 aliphatic carbocycles. The van der Waals surface area contributed by atoms with Gasteiger partial charge in [-0.05, 0) is 85.1 Å². The van der Waals surface area contributed by atoms with Crippen LogP contribution in [0.25, 0.3) is 11.1 Å². The van der Waals surface area contributed by atoms with Gasteiger partial charge in [0.05, 0.1) is 15.7 Å². The van der Waals surface area contributed by atoms with Crippen LogP contribution in [0.5, 0.6) is 0 Å². The largest absolute Gasteiger partial charge is 0.242 e. The number of benzene rings is 4. The van der Waals surface area contributed by atoms with E-state index in [9.17, 15) is 4.21 Å². The Morgan fingerprint density at radius 2 is 1.10 bits per heavy atom. The lowest BCUT2D eigenvalue weighted by atomic mass is 9.82. The maximum Gasteiger partial charge on any atom is 0.0976 e. The molecule has 40 heavy (non-hydrogen) atoms. The predicted molar refractivity (Wildman–Crippen MR) is 178 cm³/mol. The van der Waals surface area contributed by atoms with Gasteiger partial charge in [-0.1, -0.05) is 131 Å². The lowest BCUT2D eigenvalue weighted by Gasteiger charge is -2.31. The average Bonchev–Trinajstić information content (AvgIpc) is 2.95. The number of hydrogen-bond acceptors (Lipinski definition) is 1. The summed E-state index contributed by atoms with van der Waals surface area (Å²) >= 11 is 0. The fourth-order valence-corrected chi connectivity index (χ4v) is 8.54. The van der Waals surface area contributed by atoms with Crippen LogP contribution in [0.15, 0.2) is 103 Å². The van der Waals surface area contributed by atoms with Crippen LogP contribution in [0, 0.1) is 0 Å². The van der Waals surface area contributed by atoms with E-state index in [0.717, 1.165) is 6.16 Å². The first-order valence-corrected chi connectivity index (χ1v) is 17.0. The highest BCUT2D eigenvalue weighted by molar-refractivity contribution is 7.84. The van der Waals surface area contributed by atoms with E-state index in [1.165, 1.54) is 38.4 Å². The van der Waals surface area contributed by atoms with Crippen LogP contribution in [0.2, 0.25) is 0 Å². The summed E-state index contributed by atoms with van der Waals surface area (Å²) in [5.41, 5.74) is 6.52. The van der Waals surface area contributed by atoms with Crippen molar-refractivity contribution in [3.8, 4) is 11.1 Å². The fraction of sp³-hybridized carbons (Fsp3) is 0.333. The minimum absolute atomic E-state index is 0.0944. The molecule has 0 aromatic heterocycles. The molecule has 4 heteroatoms. The zero-order valence-electron chi connectivity index (χ0n) is 25.0. The van der Waals surface area contributed by atoms with Crippen molar-refractivity contribution in [1.82, 2.24) is 4.72 Å². The van der Waals surface area contributed by atoms with E-state index in [0.29, 0.717) is 11.8 Å². The van der Waals surface area contributed by atoms with Crippen LogP contribution >= 0.6 is 7.92 Å². The molecule has 1 N–H and O–H groups in total. The molecule has 0 bridgehead atoms. The maximum absolute atomic E-state index is 13.7. The summed E-state index contributed by atoms with van der Waals surface area (Å²) in [6, 6.07) is 37.1. The third-order valence-electron chi connectivity index (χ3n) is 7.28. The Morgan fingerprint density at radius 3 is 1.57 bits per heavy atom. The van der Waals surface area contributed by atoms with Crippen molar-refractivity contribution in [3.05, 3.63) is 120 Å². The van der Waals surface area contributed by atoms with E-state index < -0.39 is 18.9 Å². The molecular weight excluding hydrogens is 525 g/mol. The molecule has 4 rings (SSSR count). The molecule has 4 aromatic carbocycles. The molecule has 0 amide bonds. The van der Waals surface area contributed by atoms with Crippen LogP contribution in [0.1, 0.15) is 83.0 Å². The third-order valence-corrected chi connectivity index (χ3v) is 11.5. The second kappa shape index (κ2) is 13.4. The van der Waals surface area contributed by atoms with E-state index in [1.54, 1.807) is 0 Å². The first-order chi connectivity index (χ1) is 19.1. The molecule has 0 heterocycles. The molecule has 2 atom stereocenters. The van der Waals surface area contributed by atoms with Gasteiger partial charge in [0.15, 0.2) is 0 Å². The van der Waals surface area contributed by atoms with Gasteiger partial charge in [0.25, 0.3) is 0 Å². The highest BCUT2D eigenvalue weighted by atomic mass is 32.2. The van der Waals surface area contributed by atoms with Gasteiger partial charge >= 0.3 is 0 Å². The smallest absolute Gasteiger partial charge is 0.0976 e. The summed E-state index contributed by atoms with van der Waals surface area (Å²) in [7, 11) is -1.93. The van der Waals surface area contributed by atoms with Crippen LogP contribution in [0.3, 0.4) is 0 Å². The second-order valence-electron chi connectivity index (χ2n) is 12.0. The predicted octanol–water partition coefficient (Wildman–Crippen LogP) is 8.83. The van der Waals surface area contributed by atoms with Crippen molar-refractivity contribution >= 4 is 29.5 Å². The molecule has 0 saturated carbocycles. The van der Waals surface area contributed by atoms with Crippen molar-refractivity contribution in [1.29, 1.82) is 0 Å². The highest BCUT2D eigenvalue weighted by Gasteiger charge is 2.29. The minimum atomic E-state index is -1.23. The van der Waals surface area contributed by atoms with Gasteiger partial charge in [-0.3, -0.25) is 0 Å². The number of rotatable bonds is 10. The summed E-state index contributed by atoms with van der Waals surface area (Å²) < 4.78 is 17.0. The lowest BCUT2D eigenvalue weighted by molar-refractivity contribution is 0.618. The van der Waals surface area contributed by atoms with E-state index in [4.69, 9.17) is 0 Å². The van der Waals surface area contributed by atoms with Gasteiger partial charge in [-0.15, -0.1) is 0 Å². The first-order valence-electron chi connectivity index (χ1n) is 14.4. The molecule has 0 radical (unpaired) electrons. The fourth-order valence-electron chi connectivity index (χ4n) is 5.15. The summed E-state index contributed by atoms with van der Waals surface area (Å²) in [5.74, 6) is 0.783. The van der Waals surface area contributed by atoms with Crippen LogP contribution in [-0.4, -0.2) is 15.1 Å². The molecule has 0 saturated heterocycles. The summed E-state index contributed by atoms with van der Waals surface area (Å²) in [6.45, 7) is 15.2. The SMILES string of the molecule is CC(C)c1cccc(C(C)C)c1-c1ccccc1[C@@H](CP(c1ccccc1)c1ccccc1)NS(=O)C(C)(C)C. The van der Waals surface area contributed by atoms with Gasteiger partial charge in [0.1, 0.15) is 0 Å². The Labute approximate surface area is 246 Å². The normalized spacial score (nSPS) is 13.7. The van der Waals surface area contributed by atoms with Gasteiger partial charge in [-0.2, -0.15) is 0 Å². The third kappa shape index (κ3) is 7.19. The van der Waals surface area contributed by atoms with Crippen molar-refractivity contribution in [2.24, 2.45) is 0 Å².